The first-order valence-corrected chi connectivity index (χ1v) is 7.80. The Balaban J connectivity index is 0.00000176. The van der Waals surface area contributed by atoms with Gasteiger partial charge in [-0.3, -0.25) is 4.99 Å². The molecule has 1 aliphatic carbocycles. The lowest BCUT2D eigenvalue weighted by atomic mass is 9.96. The van der Waals surface area contributed by atoms with Crippen molar-refractivity contribution in [1.82, 2.24) is 10.6 Å². The van der Waals surface area contributed by atoms with Gasteiger partial charge in [-0.05, 0) is 25.0 Å². The third-order valence-corrected chi connectivity index (χ3v) is 4.08. The number of rotatable bonds is 3. The highest BCUT2D eigenvalue weighted by Gasteiger charge is 2.14. The van der Waals surface area contributed by atoms with Gasteiger partial charge in [0.2, 0.25) is 0 Å². The number of furan rings is 1. The zero-order valence-corrected chi connectivity index (χ0v) is 15.3. The molecule has 0 spiro atoms. The summed E-state index contributed by atoms with van der Waals surface area (Å²) in [4.78, 5) is 4.30. The molecule has 3 rings (SSSR count). The van der Waals surface area contributed by atoms with Gasteiger partial charge in [0.1, 0.15) is 11.3 Å². The van der Waals surface area contributed by atoms with Crippen molar-refractivity contribution in [2.45, 2.75) is 44.7 Å². The zero-order valence-electron chi connectivity index (χ0n) is 13.0. The van der Waals surface area contributed by atoms with Crippen LogP contribution in [0.25, 0.3) is 11.0 Å². The van der Waals surface area contributed by atoms with Crippen molar-refractivity contribution in [3.05, 3.63) is 36.1 Å². The average molecular weight is 413 g/mol. The van der Waals surface area contributed by atoms with E-state index in [-0.39, 0.29) is 24.0 Å². The van der Waals surface area contributed by atoms with Crippen molar-refractivity contribution in [1.29, 1.82) is 0 Å². The van der Waals surface area contributed by atoms with Crippen LogP contribution in [0.2, 0.25) is 0 Å². The Morgan fingerprint density at radius 2 is 2.00 bits per heavy atom. The van der Waals surface area contributed by atoms with E-state index < -0.39 is 0 Å². The lowest BCUT2D eigenvalue weighted by Crippen LogP contribution is -2.43. The van der Waals surface area contributed by atoms with Crippen LogP contribution in [-0.4, -0.2) is 19.0 Å². The number of aliphatic imine (C=N–C) groups is 1. The molecule has 2 N–H and O–H groups in total. The average Bonchev–Trinajstić information content (AvgIpc) is 2.95. The number of halogens is 1. The van der Waals surface area contributed by atoms with Crippen LogP contribution < -0.4 is 10.6 Å². The Bertz CT molecular complexity index is 584. The van der Waals surface area contributed by atoms with Gasteiger partial charge in [-0.15, -0.1) is 24.0 Å². The second-order valence-electron chi connectivity index (χ2n) is 5.66. The number of para-hydroxylation sites is 1. The van der Waals surface area contributed by atoms with Crippen molar-refractivity contribution >= 4 is 40.9 Å². The zero-order chi connectivity index (χ0) is 14.5. The van der Waals surface area contributed by atoms with Crippen LogP contribution in [0.15, 0.2) is 39.7 Å². The molecule has 22 heavy (non-hydrogen) atoms. The van der Waals surface area contributed by atoms with Crippen LogP contribution >= 0.6 is 24.0 Å². The number of nitrogens with zero attached hydrogens (tertiary/aromatic N) is 1. The molecule has 4 nitrogen and oxygen atoms in total. The highest BCUT2D eigenvalue weighted by Crippen LogP contribution is 2.19. The molecule has 0 radical (unpaired) electrons. The van der Waals surface area contributed by atoms with Crippen LogP contribution in [0.5, 0.6) is 0 Å². The van der Waals surface area contributed by atoms with Crippen molar-refractivity contribution < 1.29 is 4.42 Å². The predicted molar refractivity (Wildman–Crippen MR) is 102 cm³/mol. The summed E-state index contributed by atoms with van der Waals surface area (Å²) in [6.07, 6.45) is 6.48. The molecule has 1 fully saturated rings. The van der Waals surface area contributed by atoms with Gasteiger partial charge in [-0.1, -0.05) is 37.5 Å². The Morgan fingerprint density at radius 1 is 1.23 bits per heavy atom. The highest BCUT2D eigenvalue weighted by molar-refractivity contribution is 14.0. The number of hydrogen-bond acceptors (Lipinski definition) is 2. The lowest BCUT2D eigenvalue weighted by molar-refractivity contribution is 0.409. The minimum Gasteiger partial charge on any atom is -0.459 e. The van der Waals surface area contributed by atoms with Crippen LogP contribution in [0.1, 0.15) is 37.9 Å². The first-order valence-electron chi connectivity index (χ1n) is 7.80. The molecule has 0 saturated heterocycles. The van der Waals surface area contributed by atoms with Gasteiger partial charge in [-0.2, -0.15) is 0 Å². The van der Waals surface area contributed by atoms with E-state index in [1.54, 1.807) is 0 Å². The number of benzene rings is 1. The fraction of sp³-hybridized carbons (Fsp3) is 0.471. The van der Waals surface area contributed by atoms with Crippen molar-refractivity contribution in [2.24, 2.45) is 4.99 Å². The van der Waals surface area contributed by atoms with Crippen molar-refractivity contribution in [3.8, 4) is 0 Å². The maximum absolute atomic E-state index is 5.81. The molecule has 0 amide bonds. The van der Waals surface area contributed by atoms with Gasteiger partial charge in [0.15, 0.2) is 5.96 Å². The Hall–Kier alpha value is -1.24. The Morgan fingerprint density at radius 3 is 2.73 bits per heavy atom. The highest BCUT2D eigenvalue weighted by atomic mass is 127. The Labute approximate surface area is 148 Å². The summed E-state index contributed by atoms with van der Waals surface area (Å²) in [7, 11) is 1.82. The van der Waals surface area contributed by atoms with Gasteiger partial charge >= 0.3 is 0 Å². The van der Waals surface area contributed by atoms with E-state index >= 15 is 0 Å². The van der Waals surface area contributed by atoms with Gasteiger partial charge < -0.3 is 15.1 Å². The number of guanidine groups is 1. The quantitative estimate of drug-likeness (QED) is 0.454. The molecular formula is C17H24IN3O. The third kappa shape index (κ3) is 4.38. The van der Waals surface area contributed by atoms with Crippen LogP contribution in [-0.2, 0) is 6.54 Å². The summed E-state index contributed by atoms with van der Waals surface area (Å²) in [6.45, 7) is 0.654. The molecule has 120 valence electrons. The molecule has 1 heterocycles. The lowest BCUT2D eigenvalue weighted by Gasteiger charge is -2.24. The standard InChI is InChI=1S/C17H23N3O.HI/c1-18-17(20-14-8-3-2-4-9-14)19-12-15-11-13-7-5-6-10-16(13)21-15;/h5-7,10-11,14H,2-4,8-9,12H2,1H3,(H2,18,19,20);1H. The first kappa shape index (κ1) is 17.1. The summed E-state index contributed by atoms with van der Waals surface area (Å²) in [6, 6.07) is 10.7. The molecule has 0 aliphatic heterocycles. The molecule has 0 unspecified atom stereocenters. The van der Waals surface area contributed by atoms with Crippen LogP contribution in [0.3, 0.4) is 0 Å². The molecule has 0 atom stereocenters. The van der Waals surface area contributed by atoms with E-state index in [9.17, 15) is 0 Å². The topological polar surface area (TPSA) is 49.6 Å². The summed E-state index contributed by atoms with van der Waals surface area (Å²) < 4.78 is 5.81. The van der Waals surface area contributed by atoms with E-state index in [0.29, 0.717) is 12.6 Å². The van der Waals surface area contributed by atoms with Gasteiger partial charge in [0, 0.05) is 18.5 Å². The number of hydrogen-bond donors (Lipinski definition) is 2. The molecule has 2 aromatic rings. The SMILES string of the molecule is CN=C(NCc1cc2ccccc2o1)NC1CCCCC1.I. The van der Waals surface area contributed by atoms with E-state index in [1.807, 2.05) is 25.2 Å². The maximum atomic E-state index is 5.81. The smallest absolute Gasteiger partial charge is 0.191 e. The minimum absolute atomic E-state index is 0. The van der Waals surface area contributed by atoms with E-state index in [1.165, 1.54) is 32.1 Å². The fourth-order valence-electron chi connectivity index (χ4n) is 2.93. The monoisotopic (exact) mass is 413 g/mol. The van der Waals surface area contributed by atoms with E-state index in [4.69, 9.17) is 4.42 Å². The van der Waals surface area contributed by atoms with E-state index in [2.05, 4.69) is 27.8 Å². The van der Waals surface area contributed by atoms with Gasteiger partial charge in [0.25, 0.3) is 0 Å². The predicted octanol–water partition coefficient (Wildman–Crippen LogP) is 4.05. The molecule has 1 aromatic carbocycles. The van der Waals surface area contributed by atoms with Crippen molar-refractivity contribution in [2.75, 3.05) is 7.05 Å². The van der Waals surface area contributed by atoms with Crippen LogP contribution in [0.4, 0.5) is 0 Å². The largest absolute Gasteiger partial charge is 0.459 e. The van der Waals surface area contributed by atoms with Gasteiger partial charge in [-0.25, -0.2) is 0 Å². The molecule has 1 saturated carbocycles. The second-order valence-corrected chi connectivity index (χ2v) is 5.66. The molecular weight excluding hydrogens is 389 g/mol. The molecule has 5 heteroatoms. The van der Waals surface area contributed by atoms with E-state index in [0.717, 1.165) is 22.7 Å². The minimum atomic E-state index is 0. The molecule has 1 aliphatic rings. The normalized spacial score (nSPS) is 16.3. The number of fused-ring (bicyclic) bond motifs is 1. The second kappa shape index (κ2) is 8.41. The number of nitrogens with one attached hydrogen (secondary N) is 2. The molecule has 0 bridgehead atoms. The third-order valence-electron chi connectivity index (χ3n) is 4.08. The first-order chi connectivity index (χ1) is 10.3. The maximum Gasteiger partial charge on any atom is 0.191 e. The molecule has 1 aromatic heterocycles. The van der Waals surface area contributed by atoms with Gasteiger partial charge in [0.05, 0.1) is 6.54 Å². The summed E-state index contributed by atoms with van der Waals surface area (Å²) >= 11 is 0. The summed E-state index contributed by atoms with van der Waals surface area (Å²) in [5.41, 5.74) is 0.935. The Kier molecular flexibility index (Phi) is 6.54. The summed E-state index contributed by atoms with van der Waals surface area (Å²) in [5, 5.41) is 7.99. The summed E-state index contributed by atoms with van der Waals surface area (Å²) in [5.74, 6) is 1.80. The van der Waals surface area contributed by atoms with Crippen molar-refractivity contribution in [3.63, 3.8) is 0 Å². The van der Waals surface area contributed by atoms with Crippen LogP contribution in [0, 0.1) is 0 Å². The fourth-order valence-corrected chi connectivity index (χ4v) is 2.93.